The number of sulfonamides is 2. The molecule has 37 heavy (non-hydrogen) atoms. The molecule has 1 amide bonds. The third-order valence-corrected chi connectivity index (χ3v) is 10.2. The lowest BCUT2D eigenvalue weighted by Crippen LogP contribution is -2.35. The minimum atomic E-state index is -4.08. The summed E-state index contributed by atoms with van der Waals surface area (Å²) >= 11 is 6.20. The minimum absolute atomic E-state index is 0.0263. The fraction of sp³-hybridized carbons (Fsp3) is 0.269. The van der Waals surface area contributed by atoms with Gasteiger partial charge in [-0.3, -0.25) is 9.52 Å². The van der Waals surface area contributed by atoms with E-state index in [1.165, 1.54) is 46.8 Å². The van der Waals surface area contributed by atoms with Crippen molar-refractivity contribution in [2.45, 2.75) is 42.9 Å². The van der Waals surface area contributed by atoms with Gasteiger partial charge in [-0.15, -0.1) is 0 Å². The van der Waals surface area contributed by atoms with Crippen LogP contribution in [-0.2, 0) is 20.0 Å². The highest BCUT2D eigenvalue weighted by Gasteiger charge is 2.26. The number of nitrogens with one attached hydrogen (secondary N) is 2. The number of carbonyl (C=O) groups excluding carboxylic acids is 1. The first-order valence-electron chi connectivity index (χ1n) is 11.8. The van der Waals surface area contributed by atoms with Gasteiger partial charge in [0.2, 0.25) is 10.0 Å². The van der Waals surface area contributed by atoms with Gasteiger partial charge in [0.05, 0.1) is 15.6 Å². The van der Waals surface area contributed by atoms with Gasteiger partial charge in [0.25, 0.3) is 15.9 Å². The van der Waals surface area contributed by atoms with E-state index >= 15 is 0 Å². The van der Waals surface area contributed by atoms with Crippen LogP contribution in [-0.4, -0.2) is 40.1 Å². The molecule has 4 rings (SSSR count). The van der Waals surface area contributed by atoms with Gasteiger partial charge >= 0.3 is 0 Å². The second kappa shape index (κ2) is 10.8. The summed E-state index contributed by atoms with van der Waals surface area (Å²) in [5.74, 6) is -0.563. The van der Waals surface area contributed by atoms with Crippen LogP contribution in [0.15, 0.2) is 70.5 Å². The van der Waals surface area contributed by atoms with E-state index in [9.17, 15) is 21.6 Å². The van der Waals surface area contributed by atoms with Gasteiger partial charge in [-0.1, -0.05) is 30.2 Å². The molecule has 2 N–H and O–H groups in total. The molecule has 196 valence electrons. The molecular weight excluding hydrogens is 534 g/mol. The Morgan fingerprint density at radius 3 is 2.24 bits per heavy atom. The summed E-state index contributed by atoms with van der Waals surface area (Å²) in [4.78, 5) is 12.8. The van der Waals surface area contributed by atoms with Crippen molar-refractivity contribution in [1.82, 2.24) is 4.31 Å². The predicted molar refractivity (Wildman–Crippen MR) is 145 cm³/mol. The lowest BCUT2D eigenvalue weighted by atomic mass is 10.1. The fourth-order valence-corrected chi connectivity index (χ4v) is 7.25. The van der Waals surface area contributed by atoms with E-state index in [0.29, 0.717) is 24.5 Å². The summed E-state index contributed by atoms with van der Waals surface area (Å²) in [6.45, 7) is 4.68. The Morgan fingerprint density at radius 2 is 1.57 bits per heavy atom. The molecule has 1 saturated heterocycles. The van der Waals surface area contributed by atoms with E-state index in [4.69, 9.17) is 11.6 Å². The van der Waals surface area contributed by atoms with Gasteiger partial charge in [-0.05, 0) is 86.3 Å². The summed E-state index contributed by atoms with van der Waals surface area (Å²) in [5.41, 5.74) is 2.58. The molecule has 1 aliphatic heterocycles. The van der Waals surface area contributed by atoms with Gasteiger partial charge in [0.15, 0.2) is 0 Å². The number of carbonyl (C=O) groups is 1. The Morgan fingerprint density at radius 1 is 0.892 bits per heavy atom. The van der Waals surface area contributed by atoms with E-state index < -0.39 is 26.0 Å². The summed E-state index contributed by atoms with van der Waals surface area (Å²) in [7, 11) is -7.66. The lowest BCUT2D eigenvalue weighted by Gasteiger charge is -2.25. The van der Waals surface area contributed by atoms with E-state index in [1.807, 2.05) is 19.9 Å². The summed E-state index contributed by atoms with van der Waals surface area (Å²) in [6, 6.07) is 15.2. The van der Waals surface area contributed by atoms with Crippen LogP contribution in [0.25, 0.3) is 0 Å². The Bertz CT molecular complexity index is 1530. The number of aryl methyl sites for hydroxylation is 1. The van der Waals surface area contributed by atoms with Gasteiger partial charge in [-0.25, -0.2) is 16.8 Å². The zero-order chi connectivity index (χ0) is 26.8. The molecule has 0 saturated carbocycles. The van der Waals surface area contributed by atoms with E-state index in [-0.39, 0.29) is 20.4 Å². The van der Waals surface area contributed by atoms with Crippen LogP contribution >= 0.6 is 11.6 Å². The monoisotopic (exact) mass is 561 g/mol. The van der Waals surface area contributed by atoms with Crippen molar-refractivity contribution in [3.63, 3.8) is 0 Å². The van der Waals surface area contributed by atoms with Crippen LogP contribution in [0.3, 0.4) is 0 Å². The van der Waals surface area contributed by atoms with Crippen molar-refractivity contribution in [2.24, 2.45) is 0 Å². The standard InChI is InChI=1S/C26H28ClN3O5S2/c1-18-7-6-8-24(19(18)2)29-36(32,33)25-17-20(9-14-23(25)27)26(31)28-21-10-12-22(13-11-21)37(34,35)30-15-4-3-5-16-30/h6-14,17,29H,3-5,15-16H2,1-2H3,(H,28,31). The van der Waals surface area contributed by atoms with Gasteiger partial charge < -0.3 is 5.32 Å². The van der Waals surface area contributed by atoms with E-state index in [1.54, 1.807) is 12.1 Å². The van der Waals surface area contributed by atoms with E-state index in [2.05, 4.69) is 10.0 Å². The summed E-state index contributed by atoms with van der Waals surface area (Å²) < 4.78 is 55.9. The number of piperidine rings is 1. The average molecular weight is 562 g/mol. The van der Waals surface area contributed by atoms with Crippen molar-refractivity contribution in [3.05, 3.63) is 82.4 Å². The second-order valence-electron chi connectivity index (χ2n) is 8.94. The molecule has 1 aliphatic rings. The SMILES string of the molecule is Cc1cccc(NS(=O)(=O)c2cc(C(=O)Nc3ccc(S(=O)(=O)N4CCCCC4)cc3)ccc2Cl)c1C. The van der Waals surface area contributed by atoms with Gasteiger partial charge in [0.1, 0.15) is 4.90 Å². The van der Waals surface area contributed by atoms with Gasteiger partial charge in [-0.2, -0.15) is 4.31 Å². The molecular formula is C26H28ClN3O5S2. The number of rotatable bonds is 7. The molecule has 0 spiro atoms. The highest BCUT2D eigenvalue weighted by atomic mass is 35.5. The number of nitrogens with zero attached hydrogens (tertiary/aromatic N) is 1. The molecule has 0 bridgehead atoms. The van der Waals surface area contributed by atoms with Gasteiger partial charge in [0, 0.05) is 24.3 Å². The Hall–Kier alpha value is -2.92. The maximum atomic E-state index is 13.1. The third-order valence-electron chi connectivity index (χ3n) is 6.40. The molecule has 1 fully saturated rings. The largest absolute Gasteiger partial charge is 0.322 e. The number of amides is 1. The maximum absolute atomic E-state index is 13.1. The fourth-order valence-electron chi connectivity index (χ4n) is 4.08. The number of hydrogen-bond donors (Lipinski definition) is 2. The van der Waals surface area contributed by atoms with Crippen LogP contribution < -0.4 is 10.0 Å². The van der Waals surface area contributed by atoms with Crippen LogP contribution in [0.4, 0.5) is 11.4 Å². The van der Waals surface area contributed by atoms with Crippen molar-refractivity contribution >= 4 is 48.9 Å². The molecule has 0 aliphatic carbocycles. The van der Waals surface area contributed by atoms with Crippen molar-refractivity contribution in [3.8, 4) is 0 Å². The van der Waals surface area contributed by atoms with Crippen molar-refractivity contribution < 1.29 is 21.6 Å². The summed E-state index contributed by atoms with van der Waals surface area (Å²) in [5, 5.41) is 2.65. The number of anilines is 2. The molecule has 1 heterocycles. The molecule has 0 aromatic heterocycles. The zero-order valence-electron chi connectivity index (χ0n) is 20.5. The molecule has 0 unspecified atom stereocenters. The Labute approximate surface area is 222 Å². The molecule has 3 aromatic carbocycles. The molecule has 11 heteroatoms. The molecule has 8 nitrogen and oxygen atoms in total. The number of hydrogen-bond acceptors (Lipinski definition) is 5. The highest BCUT2D eigenvalue weighted by molar-refractivity contribution is 7.92. The molecule has 3 aromatic rings. The lowest BCUT2D eigenvalue weighted by molar-refractivity contribution is 0.102. The normalized spacial score (nSPS) is 14.8. The first kappa shape index (κ1) is 27.1. The first-order chi connectivity index (χ1) is 17.5. The third kappa shape index (κ3) is 5.98. The van der Waals surface area contributed by atoms with Crippen LogP contribution in [0.5, 0.6) is 0 Å². The van der Waals surface area contributed by atoms with Crippen LogP contribution in [0, 0.1) is 13.8 Å². The van der Waals surface area contributed by atoms with Crippen molar-refractivity contribution in [2.75, 3.05) is 23.1 Å². The smallest absolute Gasteiger partial charge is 0.263 e. The predicted octanol–water partition coefficient (Wildman–Crippen LogP) is 5.18. The Kier molecular flexibility index (Phi) is 7.94. The minimum Gasteiger partial charge on any atom is -0.322 e. The van der Waals surface area contributed by atoms with Crippen LogP contribution in [0.2, 0.25) is 5.02 Å². The first-order valence-corrected chi connectivity index (χ1v) is 15.1. The average Bonchev–Trinajstić information content (AvgIpc) is 2.87. The zero-order valence-corrected chi connectivity index (χ0v) is 22.9. The maximum Gasteiger partial charge on any atom is 0.263 e. The Balaban J connectivity index is 1.52. The highest BCUT2D eigenvalue weighted by Crippen LogP contribution is 2.28. The number of benzene rings is 3. The second-order valence-corrected chi connectivity index (χ2v) is 12.9. The summed E-state index contributed by atoms with van der Waals surface area (Å²) in [6.07, 6.45) is 2.70. The molecule has 0 radical (unpaired) electrons. The molecule has 0 atom stereocenters. The van der Waals surface area contributed by atoms with Crippen LogP contribution in [0.1, 0.15) is 40.7 Å². The number of halogens is 1. The quantitative estimate of drug-likeness (QED) is 0.412. The van der Waals surface area contributed by atoms with E-state index in [0.717, 1.165) is 30.4 Å². The topological polar surface area (TPSA) is 113 Å². The van der Waals surface area contributed by atoms with Crippen molar-refractivity contribution in [1.29, 1.82) is 0 Å².